The molecule has 8 heteroatoms. The van der Waals surface area contributed by atoms with Crippen molar-refractivity contribution in [1.29, 1.82) is 0 Å². The lowest BCUT2D eigenvalue weighted by atomic mass is 10.0. The number of nitrogens with one attached hydrogen (secondary N) is 1. The zero-order chi connectivity index (χ0) is 24.5. The van der Waals surface area contributed by atoms with Crippen LogP contribution in [0.4, 0.5) is 5.69 Å². The summed E-state index contributed by atoms with van der Waals surface area (Å²) < 4.78 is 8.05. The highest BCUT2D eigenvalue weighted by Gasteiger charge is 2.42. The molecule has 35 heavy (non-hydrogen) atoms. The number of pyridine rings is 1. The van der Waals surface area contributed by atoms with Crippen LogP contribution in [0.25, 0.3) is 5.69 Å². The zero-order valence-corrected chi connectivity index (χ0v) is 21.6. The van der Waals surface area contributed by atoms with Crippen LogP contribution in [-0.2, 0) is 4.74 Å². The van der Waals surface area contributed by atoms with E-state index in [1.165, 1.54) is 7.11 Å². The van der Waals surface area contributed by atoms with Gasteiger partial charge in [0.2, 0.25) is 0 Å². The molecule has 1 aliphatic heterocycles. The van der Waals surface area contributed by atoms with Crippen molar-refractivity contribution < 1.29 is 9.53 Å². The molecule has 2 aromatic carbocycles. The van der Waals surface area contributed by atoms with E-state index >= 15 is 0 Å². The quantitative estimate of drug-likeness (QED) is 0.248. The van der Waals surface area contributed by atoms with Crippen LogP contribution in [0.5, 0.6) is 0 Å². The molecule has 5 rings (SSSR count). The Morgan fingerprint density at radius 3 is 2.66 bits per heavy atom. The third-order valence-electron chi connectivity index (χ3n) is 6.15. The molecule has 1 fully saturated rings. The van der Waals surface area contributed by atoms with Crippen LogP contribution in [0.2, 0.25) is 0 Å². The highest BCUT2D eigenvalue weighted by Crippen LogP contribution is 2.42. The van der Waals surface area contributed by atoms with E-state index in [1.54, 1.807) is 12.3 Å². The van der Waals surface area contributed by atoms with Crippen molar-refractivity contribution in [3.63, 3.8) is 0 Å². The van der Waals surface area contributed by atoms with Crippen molar-refractivity contribution in [2.45, 2.75) is 19.0 Å². The Labute approximate surface area is 217 Å². The number of benzene rings is 2. The summed E-state index contributed by atoms with van der Waals surface area (Å²) in [5.41, 5.74) is 5.36. The molecule has 6 nitrogen and oxygen atoms in total. The minimum absolute atomic E-state index is 0.176. The highest BCUT2D eigenvalue weighted by atomic mass is 79.9. The van der Waals surface area contributed by atoms with E-state index in [2.05, 4.69) is 60.8 Å². The molecule has 2 aromatic heterocycles. The molecule has 1 aliphatic rings. The fourth-order valence-corrected chi connectivity index (χ4v) is 5.08. The smallest absolute Gasteiger partial charge is 0.337 e. The van der Waals surface area contributed by atoms with Crippen LogP contribution in [0.15, 0.2) is 89.7 Å². The van der Waals surface area contributed by atoms with E-state index in [4.69, 9.17) is 17.0 Å². The number of aromatic nitrogens is 2. The zero-order valence-electron chi connectivity index (χ0n) is 19.2. The topological polar surface area (TPSA) is 59.4 Å². The lowest BCUT2D eigenvalue weighted by Gasteiger charge is -2.29. The monoisotopic (exact) mass is 546 g/mol. The van der Waals surface area contributed by atoms with Gasteiger partial charge in [0.1, 0.15) is 6.04 Å². The van der Waals surface area contributed by atoms with Crippen LogP contribution >= 0.6 is 28.1 Å². The maximum atomic E-state index is 12.2. The average molecular weight is 547 g/mol. The Kier molecular flexibility index (Phi) is 6.40. The van der Waals surface area contributed by atoms with Gasteiger partial charge < -0.3 is 19.5 Å². The van der Waals surface area contributed by atoms with Gasteiger partial charge in [-0.15, -0.1) is 0 Å². The molecule has 0 spiro atoms. The van der Waals surface area contributed by atoms with Gasteiger partial charge in [0.15, 0.2) is 5.11 Å². The third kappa shape index (κ3) is 4.35. The number of carbonyl (C=O) groups is 1. The fraction of sp³-hybridized carbons (Fsp3) is 0.148. The van der Waals surface area contributed by atoms with E-state index in [-0.39, 0.29) is 18.1 Å². The number of nitrogens with zero attached hydrogens (tertiary/aromatic N) is 3. The summed E-state index contributed by atoms with van der Waals surface area (Å²) in [4.78, 5) is 19.0. The number of thiocarbonyl (C=S) groups is 1. The molecule has 0 amide bonds. The largest absolute Gasteiger partial charge is 0.465 e. The van der Waals surface area contributed by atoms with Crippen molar-refractivity contribution in [3.05, 3.63) is 112 Å². The minimum atomic E-state index is -0.373. The van der Waals surface area contributed by atoms with Gasteiger partial charge in [-0.05, 0) is 85.4 Å². The van der Waals surface area contributed by atoms with Crippen LogP contribution in [-0.4, -0.2) is 27.7 Å². The first-order valence-electron chi connectivity index (χ1n) is 11.1. The Bertz CT molecular complexity index is 1410. The molecule has 1 saturated heterocycles. The minimum Gasteiger partial charge on any atom is -0.465 e. The first-order valence-corrected chi connectivity index (χ1v) is 12.3. The first kappa shape index (κ1) is 23.3. The van der Waals surface area contributed by atoms with E-state index in [9.17, 15) is 4.79 Å². The number of halogens is 1. The summed E-state index contributed by atoms with van der Waals surface area (Å²) in [5.74, 6) is -0.373. The van der Waals surface area contributed by atoms with Gasteiger partial charge in [-0.3, -0.25) is 4.98 Å². The SMILES string of the molecule is COC(=O)c1cccc(-n2cccc2C2C(c3ccccn3)NC(=S)N2c2ccc(Br)c(C)c2)c1. The van der Waals surface area contributed by atoms with E-state index in [0.717, 1.165) is 32.8 Å². The van der Waals surface area contributed by atoms with Gasteiger partial charge in [0, 0.05) is 33.9 Å². The molecule has 1 N–H and O–H groups in total. The predicted molar refractivity (Wildman–Crippen MR) is 144 cm³/mol. The Morgan fingerprint density at radius 1 is 1.06 bits per heavy atom. The molecule has 0 bridgehead atoms. The van der Waals surface area contributed by atoms with Gasteiger partial charge >= 0.3 is 5.97 Å². The van der Waals surface area contributed by atoms with Gasteiger partial charge in [0.05, 0.1) is 24.4 Å². The Morgan fingerprint density at radius 2 is 1.91 bits per heavy atom. The normalized spacial score (nSPS) is 17.3. The molecular formula is C27H23BrN4O2S. The molecule has 2 unspecified atom stereocenters. The lowest BCUT2D eigenvalue weighted by molar-refractivity contribution is 0.0600. The number of esters is 1. The summed E-state index contributed by atoms with van der Waals surface area (Å²) >= 11 is 9.47. The molecule has 0 saturated carbocycles. The highest BCUT2D eigenvalue weighted by molar-refractivity contribution is 9.10. The van der Waals surface area contributed by atoms with Crippen molar-refractivity contribution in [2.24, 2.45) is 0 Å². The molecule has 176 valence electrons. The maximum absolute atomic E-state index is 12.2. The van der Waals surface area contributed by atoms with Crippen LogP contribution in [0.1, 0.15) is 39.4 Å². The summed E-state index contributed by atoms with van der Waals surface area (Å²) in [5, 5.41) is 4.13. The van der Waals surface area contributed by atoms with E-state index < -0.39 is 0 Å². The van der Waals surface area contributed by atoms with Crippen molar-refractivity contribution in [2.75, 3.05) is 12.0 Å². The number of methoxy groups -OCH3 is 1. The number of hydrogen-bond donors (Lipinski definition) is 1. The molecule has 0 aliphatic carbocycles. The Balaban J connectivity index is 1.66. The number of rotatable bonds is 5. The van der Waals surface area contributed by atoms with Crippen LogP contribution < -0.4 is 10.2 Å². The number of carbonyl (C=O) groups excluding carboxylic acids is 1. The van der Waals surface area contributed by atoms with E-state index in [0.29, 0.717) is 10.7 Å². The number of ether oxygens (including phenoxy) is 1. The number of aryl methyl sites for hydroxylation is 1. The molecule has 0 radical (unpaired) electrons. The second-order valence-corrected chi connectivity index (χ2v) is 9.52. The van der Waals surface area contributed by atoms with Crippen molar-refractivity contribution >= 4 is 44.9 Å². The standard InChI is InChI=1S/C27H23BrN4O2S/c1-17-15-20(11-12-21(17)28)32-25(24(30-27(32)35)22-9-3-4-13-29-22)23-10-6-14-31(23)19-8-5-7-18(16-19)26(33)34-2/h3-16,24-25H,1-2H3,(H,30,35). The molecule has 3 heterocycles. The van der Waals surface area contributed by atoms with Crippen LogP contribution in [0, 0.1) is 6.92 Å². The molecule has 2 atom stereocenters. The number of hydrogen-bond acceptors (Lipinski definition) is 4. The van der Waals surface area contributed by atoms with Gasteiger partial charge in [-0.1, -0.05) is 28.1 Å². The summed E-state index contributed by atoms with van der Waals surface area (Å²) in [6, 6.07) is 23.3. The van der Waals surface area contributed by atoms with Crippen LogP contribution in [0.3, 0.4) is 0 Å². The first-order chi connectivity index (χ1) is 17.0. The van der Waals surface area contributed by atoms with Crippen molar-refractivity contribution in [3.8, 4) is 5.69 Å². The molecular weight excluding hydrogens is 524 g/mol. The van der Waals surface area contributed by atoms with Gasteiger partial charge in [0.25, 0.3) is 0 Å². The lowest BCUT2D eigenvalue weighted by Crippen LogP contribution is -2.30. The van der Waals surface area contributed by atoms with E-state index in [1.807, 2.05) is 54.7 Å². The van der Waals surface area contributed by atoms with Crippen molar-refractivity contribution in [1.82, 2.24) is 14.9 Å². The average Bonchev–Trinajstić information content (AvgIpc) is 3.50. The second kappa shape index (κ2) is 9.64. The van der Waals surface area contributed by atoms with Gasteiger partial charge in [-0.2, -0.15) is 0 Å². The predicted octanol–water partition coefficient (Wildman–Crippen LogP) is 5.91. The summed E-state index contributed by atoms with van der Waals surface area (Å²) in [6.07, 6.45) is 3.79. The molecule has 4 aromatic rings. The van der Waals surface area contributed by atoms with Gasteiger partial charge in [-0.25, -0.2) is 4.79 Å². The summed E-state index contributed by atoms with van der Waals surface area (Å²) in [6.45, 7) is 2.06. The number of anilines is 1. The Hall–Kier alpha value is -3.49. The second-order valence-electron chi connectivity index (χ2n) is 8.28. The third-order valence-corrected chi connectivity index (χ3v) is 7.35. The maximum Gasteiger partial charge on any atom is 0.337 e. The summed E-state index contributed by atoms with van der Waals surface area (Å²) in [7, 11) is 1.39. The fourth-order valence-electron chi connectivity index (χ4n) is 4.48.